The van der Waals surface area contributed by atoms with Gasteiger partial charge in [0.05, 0.1) is 13.2 Å². The van der Waals surface area contributed by atoms with Crippen LogP contribution in [0.1, 0.15) is 30.2 Å². The van der Waals surface area contributed by atoms with Crippen LogP contribution in [0.15, 0.2) is 48.5 Å². The van der Waals surface area contributed by atoms with E-state index in [2.05, 4.69) is 5.32 Å². The second kappa shape index (κ2) is 7.20. The zero-order chi connectivity index (χ0) is 15.2. The molecular weight excluding hydrogens is 269 g/mol. The van der Waals surface area contributed by atoms with Gasteiger partial charge in [-0.15, -0.1) is 0 Å². The van der Waals surface area contributed by atoms with Crippen molar-refractivity contribution in [2.45, 2.75) is 19.1 Å². The Balaban J connectivity index is 1.90. The lowest BCUT2D eigenvalue weighted by molar-refractivity contribution is 0.170. The molecule has 21 heavy (non-hydrogen) atoms. The molecule has 0 saturated carbocycles. The maximum absolute atomic E-state index is 12.9. The van der Waals surface area contributed by atoms with Gasteiger partial charge < -0.3 is 15.2 Å². The molecule has 0 amide bonds. The predicted octanol–water partition coefficient (Wildman–Crippen LogP) is 3.22. The zero-order valence-corrected chi connectivity index (χ0v) is 12.2. The van der Waals surface area contributed by atoms with Crippen molar-refractivity contribution in [3.05, 3.63) is 65.5 Å². The summed E-state index contributed by atoms with van der Waals surface area (Å²) >= 11 is 0. The van der Waals surface area contributed by atoms with Crippen molar-refractivity contribution in [2.24, 2.45) is 0 Å². The van der Waals surface area contributed by atoms with Crippen LogP contribution in [0.4, 0.5) is 4.39 Å². The van der Waals surface area contributed by atoms with Crippen LogP contribution >= 0.6 is 0 Å². The van der Waals surface area contributed by atoms with E-state index in [1.165, 1.54) is 12.1 Å². The Morgan fingerprint density at radius 3 is 2.19 bits per heavy atom. The number of methoxy groups -OCH3 is 1. The molecular formula is C17H20FNO2. The lowest BCUT2D eigenvalue weighted by atomic mass is 10.1. The fourth-order valence-corrected chi connectivity index (χ4v) is 2.10. The summed E-state index contributed by atoms with van der Waals surface area (Å²) in [5.41, 5.74) is 1.81. The van der Waals surface area contributed by atoms with Crippen LogP contribution in [-0.4, -0.2) is 18.8 Å². The molecule has 0 spiro atoms. The van der Waals surface area contributed by atoms with Crippen LogP contribution in [-0.2, 0) is 0 Å². The summed E-state index contributed by atoms with van der Waals surface area (Å²) in [5, 5.41) is 13.4. The van der Waals surface area contributed by atoms with Crippen molar-refractivity contribution in [3.63, 3.8) is 0 Å². The first-order chi connectivity index (χ1) is 10.1. The average molecular weight is 289 g/mol. The van der Waals surface area contributed by atoms with E-state index in [0.29, 0.717) is 6.54 Å². The second-order valence-electron chi connectivity index (χ2n) is 4.97. The van der Waals surface area contributed by atoms with E-state index in [1.807, 2.05) is 31.2 Å². The highest BCUT2D eigenvalue weighted by molar-refractivity contribution is 5.28. The topological polar surface area (TPSA) is 41.5 Å². The molecule has 3 nitrogen and oxygen atoms in total. The number of benzene rings is 2. The predicted molar refractivity (Wildman–Crippen MR) is 80.8 cm³/mol. The summed E-state index contributed by atoms with van der Waals surface area (Å²) in [6, 6.07) is 13.7. The standard InChI is InChI=1S/C17H20FNO2/c1-12(13-3-7-15(18)8-4-13)19-11-17(20)14-5-9-16(21-2)10-6-14/h3-10,12,17,19-20H,11H2,1-2H3. The van der Waals surface area contributed by atoms with Gasteiger partial charge in [-0.3, -0.25) is 0 Å². The van der Waals surface area contributed by atoms with Gasteiger partial charge in [-0.25, -0.2) is 4.39 Å². The molecule has 2 aromatic carbocycles. The molecule has 4 heteroatoms. The number of ether oxygens (including phenoxy) is 1. The van der Waals surface area contributed by atoms with E-state index in [-0.39, 0.29) is 11.9 Å². The minimum Gasteiger partial charge on any atom is -0.497 e. The Kier molecular flexibility index (Phi) is 5.31. The molecule has 0 aliphatic carbocycles. The third-order valence-electron chi connectivity index (χ3n) is 3.49. The Morgan fingerprint density at radius 2 is 1.62 bits per heavy atom. The van der Waals surface area contributed by atoms with Crippen LogP contribution < -0.4 is 10.1 Å². The van der Waals surface area contributed by atoms with Gasteiger partial charge in [-0.05, 0) is 42.3 Å². The molecule has 0 radical (unpaired) electrons. The van der Waals surface area contributed by atoms with Crippen LogP contribution in [0.25, 0.3) is 0 Å². The maximum Gasteiger partial charge on any atom is 0.123 e. The molecule has 0 heterocycles. The largest absolute Gasteiger partial charge is 0.497 e. The lowest BCUT2D eigenvalue weighted by Crippen LogP contribution is -2.24. The fraction of sp³-hybridized carbons (Fsp3) is 0.294. The number of hydrogen-bond acceptors (Lipinski definition) is 3. The molecule has 2 rings (SSSR count). The SMILES string of the molecule is COc1ccc(C(O)CNC(C)c2ccc(F)cc2)cc1. The molecule has 2 aromatic rings. The number of halogens is 1. The summed E-state index contributed by atoms with van der Waals surface area (Å²) in [5.74, 6) is 0.516. The summed E-state index contributed by atoms with van der Waals surface area (Å²) in [4.78, 5) is 0. The quantitative estimate of drug-likeness (QED) is 0.858. The van der Waals surface area contributed by atoms with Crippen molar-refractivity contribution >= 4 is 0 Å². The maximum atomic E-state index is 12.9. The summed E-state index contributed by atoms with van der Waals surface area (Å²) in [7, 11) is 1.61. The van der Waals surface area contributed by atoms with E-state index < -0.39 is 6.10 Å². The highest BCUT2D eigenvalue weighted by Crippen LogP contribution is 2.18. The van der Waals surface area contributed by atoms with E-state index in [0.717, 1.165) is 16.9 Å². The molecule has 2 atom stereocenters. The smallest absolute Gasteiger partial charge is 0.123 e. The number of aliphatic hydroxyl groups excluding tert-OH is 1. The molecule has 2 unspecified atom stereocenters. The van der Waals surface area contributed by atoms with E-state index in [1.54, 1.807) is 19.2 Å². The van der Waals surface area contributed by atoms with Gasteiger partial charge in [0.25, 0.3) is 0 Å². The van der Waals surface area contributed by atoms with Gasteiger partial charge in [-0.2, -0.15) is 0 Å². The van der Waals surface area contributed by atoms with Crippen molar-refractivity contribution in [1.29, 1.82) is 0 Å². The average Bonchev–Trinajstić information content (AvgIpc) is 2.53. The number of hydrogen-bond donors (Lipinski definition) is 2. The summed E-state index contributed by atoms with van der Waals surface area (Å²) in [6.45, 7) is 2.40. The van der Waals surface area contributed by atoms with Gasteiger partial charge in [0.2, 0.25) is 0 Å². The van der Waals surface area contributed by atoms with Crippen LogP contribution in [0.2, 0.25) is 0 Å². The molecule has 0 aromatic heterocycles. The monoisotopic (exact) mass is 289 g/mol. The van der Waals surface area contributed by atoms with Crippen LogP contribution in [0, 0.1) is 5.82 Å². The molecule has 0 bridgehead atoms. The normalized spacial score (nSPS) is 13.7. The molecule has 0 aliphatic rings. The van der Waals surface area contributed by atoms with E-state index in [9.17, 15) is 9.50 Å². The Bertz CT molecular complexity index is 554. The number of rotatable bonds is 6. The summed E-state index contributed by atoms with van der Waals surface area (Å²) < 4.78 is 18.0. The highest BCUT2D eigenvalue weighted by Gasteiger charge is 2.10. The molecule has 0 saturated heterocycles. The minimum atomic E-state index is -0.598. The first kappa shape index (κ1) is 15.5. The van der Waals surface area contributed by atoms with Gasteiger partial charge in [0, 0.05) is 12.6 Å². The first-order valence-electron chi connectivity index (χ1n) is 6.91. The summed E-state index contributed by atoms with van der Waals surface area (Å²) in [6.07, 6.45) is -0.598. The van der Waals surface area contributed by atoms with Crippen LogP contribution in [0.5, 0.6) is 5.75 Å². The van der Waals surface area contributed by atoms with E-state index >= 15 is 0 Å². The van der Waals surface area contributed by atoms with Crippen LogP contribution in [0.3, 0.4) is 0 Å². The van der Waals surface area contributed by atoms with Crippen molar-refractivity contribution in [3.8, 4) is 5.75 Å². The number of aliphatic hydroxyl groups is 1. The van der Waals surface area contributed by atoms with Gasteiger partial charge in [0.15, 0.2) is 0 Å². The highest BCUT2D eigenvalue weighted by atomic mass is 19.1. The van der Waals surface area contributed by atoms with Gasteiger partial charge >= 0.3 is 0 Å². The van der Waals surface area contributed by atoms with Crippen molar-refractivity contribution in [1.82, 2.24) is 5.32 Å². The fourth-order valence-electron chi connectivity index (χ4n) is 2.10. The molecule has 112 valence electrons. The minimum absolute atomic E-state index is 0.0403. The van der Waals surface area contributed by atoms with Crippen molar-refractivity contribution in [2.75, 3.05) is 13.7 Å². The molecule has 0 fully saturated rings. The third-order valence-corrected chi connectivity index (χ3v) is 3.49. The lowest BCUT2D eigenvalue weighted by Gasteiger charge is -2.18. The first-order valence-corrected chi connectivity index (χ1v) is 6.91. The molecule has 0 aliphatic heterocycles. The number of nitrogens with one attached hydrogen (secondary N) is 1. The van der Waals surface area contributed by atoms with E-state index in [4.69, 9.17) is 4.74 Å². The van der Waals surface area contributed by atoms with Crippen molar-refractivity contribution < 1.29 is 14.2 Å². The van der Waals surface area contributed by atoms with Gasteiger partial charge in [-0.1, -0.05) is 24.3 Å². The second-order valence-corrected chi connectivity index (χ2v) is 4.97. The zero-order valence-electron chi connectivity index (χ0n) is 12.2. The third kappa shape index (κ3) is 4.28. The Labute approximate surface area is 124 Å². The Morgan fingerprint density at radius 1 is 1.05 bits per heavy atom. The Hall–Kier alpha value is -1.91. The molecule has 2 N–H and O–H groups in total. The van der Waals surface area contributed by atoms with Gasteiger partial charge in [0.1, 0.15) is 11.6 Å².